The van der Waals surface area contributed by atoms with Gasteiger partial charge in [-0.15, -0.1) is 0 Å². The molecule has 2 aromatic rings. The van der Waals surface area contributed by atoms with Gasteiger partial charge in [-0.25, -0.2) is 0 Å². The first kappa shape index (κ1) is 14.8. The van der Waals surface area contributed by atoms with Gasteiger partial charge in [-0.05, 0) is 30.7 Å². The van der Waals surface area contributed by atoms with E-state index in [1.807, 2.05) is 0 Å². The minimum absolute atomic E-state index is 0.284. The molecule has 0 amide bonds. The maximum Gasteiger partial charge on any atom is 0.346 e. The highest BCUT2D eigenvalue weighted by Gasteiger charge is 2.27. The number of rotatable bonds is 4. The summed E-state index contributed by atoms with van der Waals surface area (Å²) in [5.41, 5.74) is 0.0743. The van der Waals surface area contributed by atoms with Gasteiger partial charge in [0.25, 0.3) is 5.69 Å². The maximum atomic E-state index is 12.2. The molecule has 0 radical (unpaired) electrons. The van der Waals surface area contributed by atoms with Gasteiger partial charge in [-0.3, -0.25) is 10.1 Å². The van der Waals surface area contributed by atoms with E-state index in [0.29, 0.717) is 5.56 Å². The highest BCUT2D eigenvalue weighted by Crippen LogP contribution is 2.31. The van der Waals surface area contributed by atoms with Crippen LogP contribution in [0.5, 0.6) is 11.5 Å². The SMILES string of the molecule is Cc1ccc(O)c(OS(=O)(=O)c2ccccc2[N+](=O)[O-])c1. The molecule has 0 saturated heterocycles. The maximum absolute atomic E-state index is 12.2. The summed E-state index contributed by atoms with van der Waals surface area (Å²) in [7, 11) is -4.43. The Balaban J connectivity index is 2.49. The van der Waals surface area contributed by atoms with Crippen LogP contribution in [0.2, 0.25) is 0 Å². The first-order valence-corrected chi connectivity index (χ1v) is 7.19. The summed E-state index contributed by atoms with van der Waals surface area (Å²) in [5.74, 6) is -0.657. The first-order valence-electron chi connectivity index (χ1n) is 5.79. The number of nitro groups is 1. The number of nitrogens with zero attached hydrogens (tertiary/aromatic N) is 1. The van der Waals surface area contributed by atoms with Crippen molar-refractivity contribution < 1.29 is 22.6 Å². The molecule has 0 unspecified atom stereocenters. The van der Waals surface area contributed by atoms with E-state index in [9.17, 15) is 23.6 Å². The lowest BCUT2D eigenvalue weighted by molar-refractivity contribution is -0.387. The molecule has 8 heteroatoms. The highest BCUT2D eigenvalue weighted by atomic mass is 32.2. The van der Waals surface area contributed by atoms with Crippen molar-refractivity contribution in [2.45, 2.75) is 11.8 Å². The summed E-state index contributed by atoms with van der Waals surface area (Å²) in [6, 6.07) is 8.99. The lowest BCUT2D eigenvalue weighted by Gasteiger charge is -2.09. The van der Waals surface area contributed by atoms with Crippen molar-refractivity contribution in [2.75, 3.05) is 0 Å². The van der Waals surface area contributed by atoms with Crippen LogP contribution in [0.25, 0.3) is 0 Å². The predicted molar refractivity (Wildman–Crippen MR) is 73.8 cm³/mol. The molecule has 1 N–H and O–H groups in total. The van der Waals surface area contributed by atoms with Crippen LogP contribution in [0, 0.1) is 17.0 Å². The van der Waals surface area contributed by atoms with Gasteiger partial charge in [0.05, 0.1) is 4.92 Å². The van der Waals surface area contributed by atoms with Gasteiger partial charge in [-0.2, -0.15) is 8.42 Å². The van der Waals surface area contributed by atoms with E-state index in [4.69, 9.17) is 4.18 Å². The molecular weight excluding hydrogens is 298 g/mol. The van der Waals surface area contributed by atoms with Crippen LogP contribution >= 0.6 is 0 Å². The topological polar surface area (TPSA) is 107 Å². The number of benzene rings is 2. The molecule has 0 bridgehead atoms. The number of aromatic hydroxyl groups is 1. The van der Waals surface area contributed by atoms with Crippen LogP contribution in [0.4, 0.5) is 5.69 Å². The predicted octanol–water partition coefficient (Wildman–Crippen LogP) is 2.38. The monoisotopic (exact) mass is 309 g/mol. The van der Waals surface area contributed by atoms with Gasteiger partial charge in [-0.1, -0.05) is 18.2 Å². The van der Waals surface area contributed by atoms with Gasteiger partial charge in [0.15, 0.2) is 16.4 Å². The second kappa shape index (κ2) is 5.41. The molecular formula is C13H11NO6S. The third kappa shape index (κ3) is 3.11. The third-order valence-corrected chi connectivity index (χ3v) is 3.93. The van der Waals surface area contributed by atoms with Crippen LogP contribution in [0.3, 0.4) is 0 Å². The van der Waals surface area contributed by atoms with Gasteiger partial charge in [0.1, 0.15) is 0 Å². The van der Waals surface area contributed by atoms with Crippen molar-refractivity contribution in [3.63, 3.8) is 0 Å². The number of aryl methyl sites for hydroxylation is 1. The van der Waals surface area contributed by atoms with E-state index in [1.165, 1.54) is 24.3 Å². The molecule has 0 aliphatic carbocycles. The molecule has 110 valence electrons. The van der Waals surface area contributed by atoms with E-state index in [0.717, 1.165) is 12.1 Å². The number of para-hydroxylation sites is 1. The zero-order valence-electron chi connectivity index (χ0n) is 10.9. The molecule has 2 aromatic carbocycles. The van der Waals surface area contributed by atoms with Crippen LogP contribution in [0.1, 0.15) is 5.56 Å². The van der Waals surface area contributed by atoms with E-state index in [-0.39, 0.29) is 11.5 Å². The van der Waals surface area contributed by atoms with Crippen molar-refractivity contribution in [1.29, 1.82) is 0 Å². The number of hydrogen-bond donors (Lipinski definition) is 1. The molecule has 0 spiro atoms. The summed E-state index contributed by atoms with van der Waals surface area (Å²) in [6.45, 7) is 1.68. The number of nitro benzene ring substituents is 1. The zero-order valence-corrected chi connectivity index (χ0v) is 11.7. The second-order valence-corrected chi connectivity index (χ2v) is 5.75. The molecule has 0 aliphatic rings. The van der Waals surface area contributed by atoms with Crippen molar-refractivity contribution in [2.24, 2.45) is 0 Å². The van der Waals surface area contributed by atoms with Gasteiger partial charge >= 0.3 is 10.1 Å². The van der Waals surface area contributed by atoms with E-state index < -0.39 is 25.6 Å². The molecule has 0 aromatic heterocycles. The Labute approximate surface area is 120 Å². The summed E-state index contributed by atoms with van der Waals surface area (Å²) >= 11 is 0. The van der Waals surface area contributed by atoms with E-state index in [1.54, 1.807) is 13.0 Å². The normalized spacial score (nSPS) is 11.1. The Morgan fingerprint density at radius 1 is 1.19 bits per heavy atom. The number of phenols is 1. The van der Waals surface area contributed by atoms with E-state index in [2.05, 4.69) is 0 Å². The van der Waals surface area contributed by atoms with Crippen molar-refractivity contribution in [3.8, 4) is 11.5 Å². The Hall–Kier alpha value is -2.61. The third-order valence-electron chi connectivity index (χ3n) is 2.65. The second-order valence-electron chi connectivity index (χ2n) is 4.23. The minimum Gasteiger partial charge on any atom is -0.504 e. The van der Waals surface area contributed by atoms with Crippen molar-refractivity contribution in [1.82, 2.24) is 0 Å². The van der Waals surface area contributed by atoms with Crippen LogP contribution in [-0.2, 0) is 10.1 Å². The van der Waals surface area contributed by atoms with Crippen LogP contribution in [-0.4, -0.2) is 18.4 Å². The van der Waals surface area contributed by atoms with Crippen molar-refractivity contribution in [3.05, 3.63) is 58.1 Å². The molecule has 0 atom stereocenters. The molecule has 0 aliphatic heterocycles. The molecule has 0 fully saturated rings. The Bertz CT molecular complexity index is 800. The molecule has 7 nitrogen and oxygen atoms in total. The number of phenolic OH excluding ortho intramolecular Hbond substituents is 1. The fourth-order valence-corrected chi connectivity index (χ4v) is 2.77. The average Bonchev–Trinajstić information content (AvgIpc) is 2.42. The largest absolute Gasteiger partial charge is 0.504 e. The lowest BCUT2D eigenvalue weighted by Crippen LogP contribution is -2.12. The first-order chi connectivity index (χ1) is 9.81. The molecule has 0 saturated carbocycles. The fraction of sp³-hybridized carbons (Fsp3) is 0.0769. The minimum atomic E-state index is -4.43. The molecule has 0 heterocycles. The average molecular weight is 309 g/mol. The quantitative estimate of drug-likeness (QED) is 0.528. The van der Waals surface area contributed by atoms with Gasteiger partial charge in [0.2, 0.25) is 0 Å². The summed E-state index contributed by atoms with van der Waals surface area (Å²) in [5, 5.41) is 20.5. The Morgan fingerprint density at radius 2 is 1.86 bits per heavy atom. The number of hydrogen-bond acceptors (Lipinski definition) is 6. The molecule has 2 rings (SSSR count). The van der Waals surface area contributed by atoms with Crippen LogP contribution < -0.4 is 4.18 Å². The van der Waals surface area contributed by atoms with Crippen molar-refractivity contribution >= 4 is 15.8 Å². The van der Waals surface area contributed by atoms with Gasteiger partial charge < -0.3 is 9.29 Å². The summed E-state index contributed by atoms with van der Waals surface area (Å²) in [6.07, 6.45) is 0. The Morgan fingerprint density at radius 3 is 2.52 bits per heavy atom. The fourth-order valence-electron chi connectivity index (χ4n) is 1.67. The molecule has 21 heavy (non-hydrogen) atoms. The lowest BCUT2D eigenvalue weighted by atomic mass is 10.2. The van der Waals surface area contributed by atoms with Crippen LogP contribution in [0.15, 0.2) is 47.4 Å². The smallest absolute Gasteiger partial charge is 0.346 e. The van der Waals surface area contributed by atoms with Gasteiger partial charge in [0, 0.05) is 6.07 Å². The summed E-state index contributed by atoms with van der Waals surface area (Å²) < 4.78 is 29.1. The summed E-state index contributed by atoms with van der Waals surface area (Å²) in [4.78, 5) is 9.49. The standard InChI is InChI=1S/C13H11NO6S/c1-9-6-7-11(15)12(8-9)20-21(18,19)13-5-3-2-4-10(13)14(16)17/h2-8,15H,1H3. The Kier molecular flexibility index (Phi) is 3.81. The van der Waals surface area contributed by atoms with E-state index >= 15 is 0 Å². The highest BCUT2D eigenvalue weighted by molar-refractivity contribution is 7.87. The zero-order chi connectivity index (χ0) is 15.6.